The number of benzene rings is 7. The summed E-state index contributed by atoms with van der Waals surface area (Å²) in [4.78, 5) is 0. The Labute approximate surface area is 260 Å². The van der Waals surface area contributed by atoms with Crippen LogP contribution in [0, 0.1) is 0 Å². The largest absolute Gasteiger partial charge is 0.497 e. The second kappa shape index (κ2) is 9.99. The summed E-state index contributed by atoms with van der Waals surface area (Å²) in [6.07, 6.45) is 0. The van der Waals surface area contributed by atoms with Crippen molar-refractivity contribution >= 4 is 76.9 Å². The lowest BCUT2D eigenvalue weighted by atomic mass is 9.89. The van der Waals surface area contributed by atoms with Crippen molar-refractivity contribution in [1.82, 2.24) is 0 Å². The van der Waals surface area contributed by atoms with E-state index in [9.17, 15) is 0 Å². The molecule has 0 aromatic heterocycles. The monoisotopic (exact) mass is 612 g/mol. The van der Waals surface area contributed by atoms with Crippen molar-refractivity contribution in [2.75, 3.05) is 28.4 Å². The normalized spacial score (nSPS) is 15.9. The first-order chi connectivity index (χ1) is 21.5. The van der Waals surface area contributed by atoms with Gasteiger partial charge in [0.2, 0.25) is 0 Å². The summed E-state index contributed by atoms with van der Waals surface area (Å²) in [5.41, 5.74) is 1.00. The molecule has 0 aliphatic carbocycles. The molecule has 0 bridgehead atoms. The molecule has 1 aliphatic heterocycles. The van der Waals surface area contributed by atoms with Gasteiger partial charge in [0.15, 0.2) is 0 Å². The molecule has 0 saturated heterocycles. The van der Waals surface area contributed by atoms with Gasteiger partial charge in [0.25, 0.3) is 0 Å². The molecule has 0 saturated carbocycles. The van der Waals surface area contributed by atoms with Crippen molar-refractivity contribution in [3.05, 3.63) is 114 Å². The van der Waals surface area contributed by atoms with Gasteiger partial charge in [-0.3, -0.25) is 0 Å². The molecule has 0 fully saturated rings. The molecule has 0 radical (unpaired) electrons. The van der Waals surface area contributed by atoms with Gasteiger partial charge in [-0.25, -0.2) is 0 Å². The average molecular weight is 613 g/mol. The summed E-state index contributed by atoms with van der Waals surface area (Å²) in [6, 6.07) is 33.4. The Morgan fingerprint density at radius 3 is 1.80 bits per heavy atom. The third kappa shape index (κ3) is 3.54. The van der Waals surface area contributed by atoms with E-state index in [1.54, 1.807) is 28.4 Å². The van der Waals surface area contributed by atoms with Gasteiger partial charge in [-0.15, -0.1) is 0 Å². The Morgan fingerprint density at radius 2 is 1.11 bits per heavy atom. The fourth-order valence-corrected chi connectivity index (χ4v) is 12.1. The quantitative estimate of drug-likeness (QED) is 0.110. The minimum absolute atomic E-state index is 0.723. The Morgan fingerprint density at radius 1 is 0.500 bits per heavy atom. The highest BCUT2D eigenvalue weighted by atomic mass is 32.4. The Kier molecular flexibility index (Phi) is 6.13. The summed E-state index contributed by atoms with van der Waals surface area (Å²) in [5, 5.41) is 13.9. The zero-order chi connectivity index (χ0) is 30.2. The summed E-state index contributed by atoms with van der Waals surface area (Å²) < 4.78 is 23.5. The van der Waals surface area contributed by atoms with Gasteiger partial charge in [-0.2, -0.15) is 0 Å². The number of methoxy groups -OCH3 is 4. The highest BCUT2D eigenvalue weighted by Crippen LogP contribution is 2.62. The fourth-order valence-electron chi connectivity index (χ4n) is 7.16. The van der Waals surface area contributed by atoms with Crippen LogP contribution in [0.2, 0.25) is 0 Å². The Bertz CT molecular complexity index is 2390. The van der Waals surface area contributed by atoms with Crippen LogP contribution in [0.15, 0.2) is 103 Å². The lowest BCUT2D eigenvalue weighted by Crippen LogP contribution is -2.16. The van der Waals surface area contributed by atoms with Gasteiger partial charge >= 0.3 is 0 Å². The molecule has 0 amide bonds. The highest BCUT2D eigenvalue weighted by Gasteiger charge is 2.40. The molecular formula is C38H29O4PS. The molecule has 1 atom stereocenters. The maximum absolute atomic E-state index is 7.19. The Hall–Kier alpha value is -4.57. The molecule has 7 aromatic rings. The van der Waals surface area contributed by atoms with E-state index in [4.69, 9.17) is 30.8 Å². The summed E-state index contributed by atoms with van der Waals surface area (Å²) >= 11 is 7.19. The van der Waals surface area contributed by atoms with Crippen molar-refractivity contribution in [1.29, 1.82) is 0 Å². The van der Waals surface area contributed by atoms with Crippen molar-refractivity contribution < 1.29 is 18.9 Å². The predicted molar refractivity (Wildman–Crippen MR) is 187 cm³/mol. The predicted octanol–water partition coefficient (Wildman–Crippen LogP) is 7.65. The second-order valence-electron chi connectivity index (χ2n) is 11.0. The van der Waals surface area contributed by atoms with Crippen LogP contribution in [-0.2, 0) is 11.8 Å². The molecular weight excluding hydrogens is 583 g/mol. The van der Waals surface area contributed by atoms with Crippen LogP contribution in [0.3, 0.4) is 0 Å². The van der Waals surface area contributed by atoms with Gasteiger partial charge in [0.1, 0.15) is 23.0 Å². The molecule has 44 heavy (non-hydrogen) atoms. The number of hydrogen-bond donors (Lipinski definition) is 0. The molecule has 1 aliphatic rings. The molecule has 6 heteroatoms. The topological polar surface area (TPSA) is 36.9 Å². The van der Waals surface area contributed by atoms with Gasteiger partial charge in [0, 0.05) is 44.8 Å². The van der Waals surface area contributed by atoms with Crippen LogP contribution in [0.1, 0.15) is 5.56 Å². The maximum atomic E-state index is 7.19. The van der Waals surface area contributed by atoms with Crippen LogP contribution in [0.5, 0.6) is 23.0 Å². The SMILES string of the molecule is COc1cc(OC)cc(C2=c3c4ccccc4c4cccc5c6c(OC)cc(OC)cc6c(c3c45)P2(=S)c2ccccc2)c1. The van der Waals surface area contributed by atoms with Crippen LogP contribution >= 0.6 is 6.04 Å². The number of rotatable bonds is 6. The maximum Gasteiger partial charge on any atom is 0.131 e. The summed E-state index contributed by atoms with van der Waals surface area (Å²) in [7, 11) is 6.80. The van der Waals surface area contributed by atoms with Gasteiger partial charge in [0.05, 0.1) is 28.4 Å². The first-order valence-electron chi connectivity index (χ1n) is 14.4. The van der Waals surface area contributed by atoms with E-state index in [2.05, 4.69) is 91.0 Å². The van der Waals surface area contributed by atoms with E-state index in [1.807, 2.05) is 12.1 Å². The van der Waals surface area contributed by atoms with Crippen molar-refractivity contribution in [2.24, 2.45) is 0 Å². The van der Waals surface area contributed by atoms with Crippen LogP contribution < -0.4 is 34.8 Å². The van der Waals surface area contributed by atoms with Crippen molar-refractivity contribution in [3.8, 4) is 23.0 Å². The summed E-state index contributed by atoms with van der Waals surface area (Å²) in [5.74, 6) is 2.95. The minimum Gasteiger partial charge on any atom is -0.497 e. The van der Waals surface area contributed by atoms with E-state index in [1.165, 1.54) is 37.5 Å². The Balaban J connectivity index is 1.76. The molecule has 0 N–H and O–H groups in total. The van der Waals surface area contributed by atoms with Crippen LogP contribution in [-0.4, -0.2) is 28.4 Å². The number of fused-ring (bicyclic) bond motifs is 6. The van der Waals surface area contributed by atoms with Gasteiger partial charge in [-0.1, -0.05) is 84.6 Å². The number of hydrogen-bond acceptors (Lipinski definition) is 5. The van der Waals surface area contributed by atoms with E-state index >= 15 is 0 Å². The van der Waals surface area contributed by atoms with Gasteiger partial charge in [-0.05, 0) is 61.4 Å². The van der Waals surface area contributed by atoms with Crippen LogP contribution in [0.4, 0.5) is 0 Å². The summed E-state index contributed by atoms with van der Waals surface area (Å²) in [6.45, 7) is 0. The van der Waals surface area contributed by atoms with Crippen molar-refractivity contribution in [3.63, 3.8) is 0 Å². The average Bonchev–Trinajstić information content (AvgIpc) is 3.38. The van der Waals surface area contributed by atoms with Crippen molar-refractivity contribution in [2.45, 2.75) is 0 Å². The highest BCUT2D eigenvalue weighted by molar-refractivity contribution is 8.27. The third-order valence-electron chi connectivity index (χ3n) is 8.95. The molecule has 0 spiro atoms. The van der Waals surface area contributed by atoms with Crippen LogP contribution in [0.25, 0.3) is 48.4 Å². The van der Waals surface area contributed by atoms with E-state index in [0.29, 0.717) is 0 Å². The first kappa shape index (κ1) is 27.0. The molecule has 1 unspecified atom stereocenters. The molecule has 7 aromatic carbocycles. The van der Waals surface area contributed by atoms with E-state index in [0.717, 1.165) is 55.3 Å². The second-order valence-corrected chi connectivity index (χ2v) is 15.3. The first-order valence-corrected chi connectivity index (χ1v) is 17.2. The molecule has 4 nitrogen and oxygen atoms in total. The third-order valence-corrected chi connectivity index (χ3v) is 13.9. The zero-order valence-electron chi connectivity index (χ0n) is 24.8. The number of ether oxygens (including phenoxy) is 4. The van der Waals surface area contributed by atoms with E-state index in [-0.39, 0.29) is 0 Å². The smallest absolute Gasteiger partial charge is 0.131 e. The minimum atomic E-state index is -2.72. The molecule has 1 heterocycles. The zero-order valence-corrected chi connectivity index (χ0v) is 26.5. The van der Waals surface area contributed by atoms with E-state index < -0.39 is 6.04 Å². The lowest BCUT2D eigenvalue weighted by molar-refractivity contribution is 0.394. The standard InChI is InChI=1S/C38H29O4PS/c1-39-23-17-22(18-24(19-23)40-2)37-35-29-14-9-8-13-27(29)28-15-10-16-30-33-31(20-25(41-3)21-32(33)42-4)38(36(35)34(28)30)43(37,44)26-11-6-5-7-12-26/h5-21H,1-4H3. The fraction of sp³-hybridized carbons (Fsp3) is 0.105. The molecule has 216 valence electrons. The molecule has 8 rings (SSSR count). The van der Waals surface area contributed by atoms with Gasteiger partial charge < -0.3 is 18.9 Å². The lowest BCUT2D eigenvalue weighted by Gasteiger charge is -2.26.